The zero-order valence-electron chi connectivity index (χ0n) is 11.7. The summed E-state index contributed by atoms with van der Waals surface area (Å²) in [6.07, 6.45) is -4.42. The van der Waals surface area contributed by atoms with E-state index in [0.717, 1.165) is 27.7 Å². The SMILES string of the molecule is Cc1nc(C(C)Nc2cc(Cl)cc(C(F)(F)F)c2)c(C)s1. The summed E-state index contributed by atoms with van der Waals surface area (Å²) in [4.78, 5) is 5.45. The molecular weight excluding hydrogens is 321 g/mol. The molecule has 1 unspecified atom stereocenters. The highest BCUT2D eigenvalue weighted by Gasteiger charge is 2.31. The van der Waals surface area contributed by atoms with Gasteiger partial charge >= 0.3 is 6.18 Å². The predicted molar refractivity (Wildman–Crippen MR) is 80.1 cm³/mol. The number of aryl methyl sites for hydroxylation is 2. The third-order valence-electron chi connectivity index (χ3n) is 2.96. The van der Waals surface area contributed by atoms with Gasteiger partial charge < -0.3 is 5.32 Å². The van der Waals surface area contributed by atoms with E-state index in [0.29, 0.717) is 5.69 Å². The molecule has 2 rings (SSSR count). The van der Waals surface area contributed by atoms with Gasteiger partial charge in [-0.25, -0.2) is 4.98 Å². The number of hydrogen-bond donors (Lipinski definition) is 1. The fourth-order valence-electron chi connectivity index (χ4n) is 2.10. The van der Waals surface area contributed by atoms with Crippen LogP contribution in [0.5, 0.6) is 0 Å². The van der Waals surface area contributed by atoms with Crippen molar-refractivity contribution < 1.29 is 13.2 Å². The van der Waals surface area contributed by atoms with E-state index in [1.165, 1.54) is 6.07 Å². The number of thiazole rings is 1. The van der Waals surface area contributed by atoms with Gasteiger partial charge in [-0.2, -0.15) is 13.2 Å². The van der Waals surface area contributed by atoms with Crippen LogP contribution in [0.3, 0.4) is 0 Å². The molecule has 0 saturated carbocycles. The number of alkyl halides is 3. The van der Waals surface area contributed by atoms with Crippen LogP contribution in [0, 0.1) is 13.8 Å². The zero-order chi connectivity index (χ0) is 15.8. The maximum Gasteiger partial charge on any atom is 0.416 e. The number of hydrogen-bond acceptors (Lipinski definition) is 3. The first-order chi connectivity index (χ1) is 9.66. The van der Waals surface area contributed by atoms with Gasteiger partial charge in [-0.15, -0.1) is 11.3 Å². The highest BCUT2D eigenvalue weighted by atomic mass is 35.5. The molecule has 0 aliphatic rings. The number of nitrogens with zero attached hydrogens (tertiary/aromatic N) is 1. The van der Waals surface area contributed by atoms with E-state index >= 15 is 0 Å². The van der Waals surface area contributed by atoms with Crippen molar-refractivity contribution in [2.24, 2.45) is 0 Å². The van der Waals surface area contributed by atoms with Crippen LogP contribution in [0.15, 0.2) is 18.2 Å². The summed E-state index contributed by atoms with van der Waals surface area (Å²) < 4.78 is 38.3. The second-order valence-electron chi connectivity index (χ2n) is 4.77. The Balaban J connectivity index is 2.27. The van der Waals surface area contributed by atoms with Gasteiger partial charge in [0.05, 0.1) is 22.3 Å². The Morgan fingerprint density at radius 3 is 2.43 bits per heavy atom. The quantitative estimate of drug-likeness (QED) is 0.789. The minimum Gasteiger partial charge on any atom is -0.377 e. The first-order valence-electron chi connectivity index (χ1n) is 6.25. The van der Waals surface area contributed by atoms with Crippen LogP contribution >= 0.6 is 22.9 Å². The summed E-state index contributed by atoms with van der Waals surface area (Å²) in [7, 11) is 0. The molecule has 0 radical (unpaired) electrons. The Kier molecular flexibility index (Phi) is 4.49. The van der Waals surface area contributed by atoms with Crippen molar-refractivity contribution >= 4 is 28.6 Å². The largest absolute Gasteiger partial charge is 0.416 e. The van der Waals surface area contributed by atoms with Crippen LogP contribution in [0.2, 0.25) is 5.02 Å². The van der Waals surface area contributed by atoms with Gasteiger partial charge in [0.1, 0.15) is 0 Å². The Hall–Kier alpha value is -1.27. The Bertz CT molecular complexity index is 652. The van der Waals surface area contributed by atoms with Crippen molar-refractivity contribution in [1.82, 2.24) is 4.98 Å². The van der Waals surface area contributed by atoms with Crippen LogP contribution in [0.1, 0.15) is 34.1 Å². The van der Waals surface area contributed by atoms with E-state index in [1.807, 2.05) is 20.8 Å². The summed E-state index contributed by atoms with van der Waals surface area (Å²) in [5.74, 6) is 0. The molecule has 2 aromatic rings. The molecule has 1 aromatic carbocycles. The second kappa shape index (κ2) is 5.85. The van der Waals surface area contributed by atoms with Gasteiger partial charge in [0.25, 0.3) is 0 Å². The predicted octanol–water partition coefficient (Wildman–Crippen LogP) is 5.61. The van der Waals surface area contributed by atoms with Crippen molar-refractivity contribution in [2.45, 2.75) is 33.0 Å². The fourth-order valence-corrected chi connectivity index (χ4v) is 3.25. The molecule has 1 heterocycles. The molecule has 1 aromatic heterocycles. The molecular formula is C14H14ClF3N2S. The number of halogens is 4. The van der Waals surface area contributed by atoms with Crippen molar-refractivity contribution in [3.05, 3.63) is 44.4 Å². The minimum atomic E-state index is -4.42. The molecule has 21 heavy (non-hydrogen) atoms. The van der Waals surface area contributed by atoms with Gasteiger partial charge in [-0.3, -0.25) is 0 Å². The molecule has 0 aliphatic heterocycles. The molecule has 0 amide bonds. The van der Waals surface area contributed by atoms with Crippen molar-refractivity contribution in [1.29, 1.82) is 0 Å². The van der Waals surface area contributed by atoms with E-state index in [9.17, 15) is 13.2 Å². The molecule has 114 valence electrons. The summed E-state index contributed by atoms with van der Waals surface area (Å²) >= 11 is 7.33. The Morgan fingerprint density at radius 2 is 1.90 bits per heavy atom. The molecule has 0 bridgehead atoms. The summed E-state index contributed by atoms with van der Waals surface area (Å²) in [6.45, 7) is 5.70. The lowest BCUT2D eigenvalue weighted by atomic mass is 10.1. The van der Waals surface area contributed by atoms with Crippen molar-refractivity contribution in [3.8, 4) is 0 Å². The maximum atomic E-state index is 12.8. The summed E-state index contributed by atoms with van der Waals surface area (Å²) in [6, 6.07) is 3.24. The monoisotopic (exact) mass is 334 g/mol. The normalized spacial score (nSPS) is 13.3. The average molecular weight is 335 g/mol. The molecule has 1 atom stereocenters. The van der Waals surface area contributed by atoms with E-state index in [2.05, 4.69) is 10.3 Å². The standard InChI is InChI=1S/C14H14ClF3N2S/c1-7(13-8(2)21-9(3)20-13)19-12-5-10(14(16,17)18)4-11(15)6-12/h4-7,19H,1-3H3. The third-order valence-corrected chi connectivity index (χ3v) is 4.08. The van der Waals surface area contributed by atoms with Gasteiger partial charge in [-0.05, 0) is 39.0 Å². The van der Waals surface area contributed by atoms with Crippen LogP contribution in [0.25, 0.3) is 0 Å². The van der Waals surface area contributed by atoms with E-state index in [1.54, 1.807) is 11.3 Å². The van der Waals surface area contributed by atoms with Gasteiger partial charge in [0, 0.05) is 15.6 Å². The summed E-state index contributed by atoms with van der Waals surface area (Å²) in [5, 5.41) is 4.00. The summed E-state index contributed by atoms with van der Waals surface area (Å²) in [5.41, 5.74) is 0.397. The van der Waals surface area contributed by atoms with E-state index < -0.39 is 11.7 Å². The van der Waals surface area contributed by atoms with Crippen LogP contribution in [0.4, 0.5) is 18.9 Å². The molecule has 0 spiro atoms. The first-order valence-corrected chi connectivity index (χ1v) is 7.44. The lowest BCUT2D eigenvalue weighted by molar-refractivity contribution is -0.137. The fraction of sp³-hybridized carbons (Fsp3) is 0.357. The van der Waals surface area contributed by atoms with Crippen LogP contribution in [-0.4, -0.2) is 4.98 Å². The highest BCUT2D eigenvalue weighted by molar-refractivity contribution is 7.11. The minimum absolute atomic E-state index is 0.0469. The Labute approximate surface area is 130 Å². The van der Waals surface area contributed by atoms with E-state index in [4.69, 9.17) is 11.6 Å². The smallest absolute Gasteiger partial charge is 0.377 e. The molecule has 2 nitrogen and oxygen atoms in total. The zero-order valence-corrected chi connectivity index (χ0v) is 13.2. The molecule has 0 fully saturated rings. The average Bonchev–Trinajstić information content (AvgIpc) is 2.66. The van der Waals surface area contributed by atoms with Gasteiger partial charge in [0.15, 0.2) is 0 Å². The lowest BCUT2D eigenvalue weighted by Gasteiger charge is -2.16. The topological polar surface area (TPSA) is 24.9 Å². The number of aromatic nitrogens is 1. The molecule has 0 aliphatic carbocycles. The second-order valence-corrected chi connectivity index (χ2v) is 6.61. The molecule has 0 saturated heterocycles. The Morgan fingerprint density at radius 1 is 1.24 bits per heavy atom. The van der Waals surface area contributed by atoms with E-state index in [-0.39, 0.29) is 11.1 Å². The van der Waals surface area contributed by atoms with Gasteiger partial charge in [0.2, 0.25) is 0 Å². The van der Waals surface area contributed by atoms with Crippen LogP contribution in [-0.2, 0) is 6.18 Å². The number of nitrogens with one attached hydrogen (secondary N) is 1. The molecule has 7 heteroatoms. The number of rotatable bonds is 3. The van der Waals surface area contributed by atoms with Crippen molar-refractivity contribution in [3.63, 3.8) is 0 Å². The highest BCUT2D eigenvalue weighted by Crippen LogP contribution is 2.34. The lowest BCUT2D eigenvalue weighted by Crippen LogP contribution is -2.10. The van der Waals surface area contributed by atoms with Crippen molar-refractivity contribution in [2.75, 3.05) is 5.32 Å². The maximum absolute atomic E-state index is 12.8. The molecule has 1 N–H and O–H groups in total. The number of benzene rings is 1. The van der Waals surface area contributed by atoms with Crippen LogP contribution < -0.4 is 5.32 Å². The first kappa shape index (κ1) is 16.1. The number of anilines is 1. The third kappa shape index (κ3) is 3.89. The van der Waals surface area contributed by atoms with Gasteiger partial charge in [-0.1, -0.05) is 11.6 Å².